The number of carbonyl (C=O) groups is 5. The van der Waals surface area contributed by atoms with Crippen molar-refractivity contribution in [1.29, 1.82) is 0 Å². The van der Waals surface area contributed by atoms with Crippen molar-refractivity contribution in [2.24, 2.45) is 5.73 Å². The summed E-state index contributed by atoms with van der Waals surface area (Å²) < 4.78 is 8.40. The summed E-state index contributed by atoms with van der Waals surface area (Å²) >= 11 is 5.57. The molecule has 0 spiro atoms. The fourth-order valence-corrected chi connectivity index (χ4v) is 8.95. The van der Waals surface area contributed by atoms with E-state index in [0.717, 1.165) is 44.0 Å². The molecule has 0 radical (unpaired) electrons. The maximum absolute atomic E-state index is 14.0. The molecule has 21 heteroatoms. The Morgan fingerprint density at radius 2 is 1.58 bits per heavy atom. The number of fused-ring (bicyclic) bond motifs is 3. The van der Waals surface area contributed by atoms with Crippen LogP contribution in [0.15, 0.2) is 89.5 Å². The molecule has 1 aliphatic heterocycles. The van der Waals surface area contributed by atoms with Crippen LogP contribution in [0.2, 0.25) is 0 Å². The molecule has 13 N–H and O–H groups in total. The van der Waals surface area contributed by atoms with Gasteiger partial charge in [-0.3, -0.25) is 29.8 Å². The monoisotopic (exact) mass is 1040 g/mol. The van der Waals surface area contributed by atoms with Gasteiger partial charge in [0.1, 0.15) is 43.9 Å². The third kappa shape index (κ3) is 14.8. The number of rotatable bonds is 26. The van der Waals surface area contributed by atoms with Gasteiger partial charge in [0.05, 0.1) is 17.7 Å². The number of likely N-dealkylation sites (N-methyl/N-ethyl adjacent to an activating group) is 1. The topological polar surface area (TPSA) is 300 Å². The molecule has 20 nitrogen and oxygen atoms in total. The summed E-state index contributed by atoms with van der Waals surface area (Å²) in [7, 11) is 9.23. The lowest BCUT2D eigenvalue weighted by Crippen LogP contribution is -2.60. The van der Waals surface area contributed by atoms with Gasteiger partial charge >= 0.3 is 11.9 Å². The number of benzene rings is 4. The van der Waals surface area contributed by atoms with E-state index in [1.165, 1.54) is 7.05 Å². The Kier molecular flexibility index (Phi) is 19.6. The van der Waals surface area contributed by atoms with Crippen molar-refractivity contribution in [3.05, 3.63) is 102 Å². The van der Waals surface area contributed by atoms with Crippen molar-refractivity contribution in [1.82, 2.24) is 36.1 Å². The number of anilines is 2. The molecule has 0 unspecified atom stereocenters. The zero-order valence-corrected chi connectivity index (χ0v) is 43.0. The summed E-state index contributed by atoms with van der Waals surface area (Å²) in [6.07, 6.45) is 0.103. The molecule has 1 aliphatic carbocycles. The maximum Gasteiger partial charge on any atom is 0.336 e. The predicted molar refractivity (Wildman–Crippen MR) is 289 cm³/mol. The average Bonchev–Trinajstić information content (AvgIpc) is 3.78. The minimum Gasteiger partial charge on any atom is -0.481 e. The number of para-hydroxylation sites is 1. The smallest absolute Gasteiger partial charge is 0.336 e. The van der Waals surface area contributed by atoms with Crippen LogP contribution in [0.4, 0.5) is 11.4 Å². The van der Waals surface area contributed by atoms with Gasteiger partial charge in [-0.1, -0.05) is 30.7 Å². The summed E-state index contributed by atoms with van der Waals surface area (Å²) in [4.78, 5) is 68.5. The van der Waals surface area contributed by atoms with Gasteiger partial charge in [-0.05, 0) is 98.9 Å². The van der Waals surface area contributed by atoms with E-state index in [9.17, 15) is 44.4 Å². The highest BCUT2D eigenvalue weighted by Crippen LogP contribution is 2.42. The lowest BCUT2D eigenvalue weighted by Gasteiger charge is -2.32. The molecule has 5 atom stereocenters. The average molecular weight is 1040 g/mol. The molecule has 2 aliphatic rings. The van der Waals surface area contributed by atoms with E-state index >= 15 is 0 Å². The Hall–Kier alpha value is -7.43. The van der Waals surface area contributed by atoms with Crippen molar-refractivity contribution < 1.29 is 48.8 Å². The normalized spacial score (nSPS) is 13.4. The van der Waals surface area contributed by atoms with E-state index in [-0.39, 0.29) is 49.2 Å². The number of unbranched alkanes of at least 4 members (excludes halogenated alkanes) is 2. The quantitative estimate of drug-likeness (QED) is 0.0122. The number of nitrogens with one attached hydrogen (secondary N) is 7. The highest BCUT2D eigenvalue weighted by Gasteiger charge is 2.31. The van der Waals surface area contributed by atoms with Gasteiger partial charge in [0.25, 0.3) is 0 Å². The molecule has 1 aromatic heterocycles. The number of thiocarbonyl (C=S) groups is 1. The van der Waals surface area contributed by atoms with E-state index in [2.05, 4.69) is 36.9 Å². The van der Waals surface area contributed by atoms with E-state index in [1.54, 1.807) is 24.4 Å². The molecular formula is C53H67N10O10S+. The largest absolute Gasteiger partial charge is 0.481 e. The molecule has 0 fully saturated rings. The van der Waals surface area contributed by atoms with Crippen molar-refractivity contribution in [2.75, 3.05) is 52.0 Å². The third-order valence-electron chi connectivity index (χ3n) is 12.8. The number of hydrogen-bond donors (Lipinski definition) is 12. The fourth-order valence-electron chi connectivity index (χ4n) is 8.73. The number of nitrogens with two attached hydrogens (primary N) is 1. The Labute approximate surface area is 433 Å². The van der Waals surface area contributed by atoms with Crippen LogP contribution < -0.4 is 52.5 Å². The number of carbonyl (C=O) groups excluding carboxylic acids is 3. The number of aliphatic hydroxyl groups is 2. The molecule has 0 saturated heterocycles. The molecular weight excluding hydrogens is 969 g/mol. The van der Waals surface area contributed by atoms with Crippen LogP contribution in [0.25, 0.3) is 44.3 Å². The molecule has 0 saturated carbocycles. The molecule has 0 bridgehead atoms. The van der Waals surface area contributed by atoms with Crippen molar-refractivity contribution in [2.45, 2.75) is 88.4 Å². The van der Waals surface area contributed by atoms with E-state index in [4.69, 9.17) is 22.4 Å². The van der Waals surface area contributed by atoms with Crippen LogP contribution in [0.3, 0.4) is 0 Å². The highest BCUT2D eigenvalue weighted by atomic mass is 32.1. The maximum atomic E-state index is 14.0. The number of amides is 3. The number of hydrogen-bond acceptors (Lipinski definition) is 12. The number of nitrogens with zero attached hydrogens (tertiary/aromatic N) is 2. The van der Waals surface area contributed by atoms with Gasteiger partial charge in [0.15, 0.2) is 5.11 Å². The first kappa shape index (κ1) is 55.9. The second-order valence-corrected chi connectivity index (χ2v) is 19.0. The lowest BCUT2D eigenvalue weighted by molar-refractivity contribution is -0.137. The Morgan fingerprint density at radius 1 is 0.824 bits per heavy atom. The predicted octanol–water partition coefficient (Wildman–Crippen LogP) is 3.49. The Bertz CT molecular complexity index is 3020. The second kappa shape index (κ2) is 26.0. The second-order valence-electron chi connectivity index (χ2n) is 18.6. The van der Waals surface area contributed by atoms with Crippen molar-refractivity contribution in [3.63, 3.8) is 0 Å². The number of aliphatic carboxylic acids is 1. The van der Waals surface area contributed by atoms with Gasteiger partial charge in [-0.15, -0.1) is 0 Å². The van der Waals surface area contributed by atoms with Crippen LogP contribution >= 0.6 is 12.2 Å². The van der Waals surface area contributed by atoms with Crippen molar-refractivity contribution in [3.8, 4) is 22.5 Å². The molecule has 394 valence electrons. The Balaban J connectivity index is 1.06. The number of aromatic amines is 1. The molecule has 6 rings (SSSR count). The van der Waals surface area contributed by atoms with E-state index in [0.29, 0.717) is 48.4 Å². The zero-order chi connectivity index (χ0) is 53.6. The first-order chi connectivity index (χ1) is 35.3. The molecule has 2 heterocycles. The van der Waals surface area contributed by atoms with Crippen LogP contribution in [0, 0.1) is 0 Å². The number of carboxylic acids is 2. The van der Waals surface area contributed by atoms with Crippen molar-refractivity contribution >= 4 is 80.2 Å². The van der Waals surface area contributed by atoms with E-state index < -0.39 is 60.2 Å². The van der Waals surface area contributed by atoms with Gasteiger partial charge in [-0.2, -0.15) is 0 Å². The molecule has 3 amide bonds. The fraction of sp³-hybridized carbons (Fsp3) is 0.377. The summed E-state index contributed by atoms with van der Waals surface area (Å²) in [5, 5.41) is 62.0. The summed E-state index contributed by atoms with van der Waals surface area (Å²) in [5.74, 6) is -3.42. The summed E-state index contributed by atoms with van der Waals surface area (Å²) in [6.45, 7) is 0.438. The SMILES string of the molecule is CN[C@@H](O)[C@H](CCC(=O)O)N[C@H](O)[C@H](Cc1c[nH]c2ccccc12)NC(=O)[C@H](CCC(N)=O)NC(=O)CCCCCNC(=S)Nc1ccc(-c2c3ccc(=[N+](C)C)cc-3oc3cc(N(C)C)ccc23)c(C(=O)O)c1. The van der Waals surface area contributed by atoms with Gasteiger partial charge in [-0.25, -0.2) is 9.37 Å². The first-order valence-corrected chi connectivity index (χ1v) is 24.8. The Morgan fingerprint density at radius 3 is 2.28 bits per heavy atom. The highest BCUT2D eigenvalue weighted by molar-refractivity contribution is 7.80. The number of H-pyrrole nitrogens is 1. The molecule has 3 aromatic carbocycles. The minimum atomic E-state index is -1.50. The van der Waals surface area contributed by atoms with E-state index in [1.807, 2.05) is 98.3 Å². The summed E-state index contributed by atoms with van der Waals surface area (Å²) in [6, 6.07) is 21.0. The lowest BCUT2D eigenvalue weighted by atomic mass is 9.90. The third-order valence-corrected chi connectivity index (χ3v) is 13.0. The van der Waals surface area contributed by atoms with Gasteiger partial charge < -0.3 is 61.7 Å². The summed E-state index contributed by atoms with van der Waals surface area (Å²) in [5.41, 5.74) is 11.1. The van der Waals surface area contributed by atoms with Crippen LogP contribution in [-0.2, 0) is 25.6 Å². The van der Waals surface area contributed by atoms with Gasteiger partial charge in [0, 0.05) is 103 Å². The number of primary amides is 1. The van der Waals surface area contributed by atoms with Gasteiger partial charge in [0.2, 0.25) is 23.1 Å². The van der Waals surface area contributed by atoms with Crippen LogP contribution in [0.1, 0.15) is 67.3 Å². The molecule has 74 heavy (non-hydrogen) atoms. The number of aromatic nitrogens is 1. The number of aliphatic hydroxyl groups excluding tert-OH is 2. The number of aromatic carboxylic acids is 1. The molecule has 4 aromatic rings. The standard InChI is InChI=1S/C53H66N10O10S/c1-55-49(68)40(21-23-47(66)67)60-51(70)42(25-30-29-57-39-12-9-8-11-34(30)39)61-50(69)41(20-22-45(54)64)59-46(65)13-7-6-10-24-56-53(74)58-31-14-17-35(38(26-31)52(71)72)48-36-18-15-32(62(2)3)27-43(36)73-44-28-33(63(4)5)16-19-37(44)48/h8-9,11-12,14-19,26-29,40-42,49,51,55,57,60,68,70H,6-7,10,13,20-25H2,1-5H3,(H7,54,56,59,61,64,65,66,67,69,71,72,74)/p+1/t40-,41-,42-,49-,51+/m0/s1. The van der Waals surface area contributed by atoms with Crippen LogP contribution in [0.5, 0.6) is 0 Å². The first-order valence-electron chi connectivity index (χ1n) is 24.4. The zero-order valence-electron chi connectivity index (χ0n) is 42.2. The minimum absolute atomic E-state index is 0.0519. The van der Waals surface area contributed by atoms with Crippen LogP contribution in [-0.4, -0.2) is 133 Å². The number of carboxylic acid groups (broad SMARTS) is 2.